The minimum absolute atomic E-state index is 0.175. The van der Waals surface area contributed by atoms with Crippen molar-refractivity contribution in [1.82, 2.24) is 15.1 Å². The maximum Gasteiger partial charge on any atom is 0.274 e. The Balaban J connectivity index is 1.85. The number of carbonyl (C=O) groups is 1. The first-order valence-corrected chi connectivity index (χ1v) is 8.61. The van der Waals surface area contributed by atoms with Crippen LogP contribution in [0.1, 0.15) is 22.1 Å². The lowest BCUT2D eigenvalue weighted by molar-refractivity contribution is 0.102. The van der Waals surface area contributed by atoms with Crippen LogP contribution in [-0.2, 0) is 0 Å². The van der Waals surface area contributed by atoms with Crippen molar-refractivity contribution >= 4 is 23.2 Å². The highest BCUT2D eigenvalue weighted by Gasteiger charge is 2.17. The van der Waals surface area contributed by atoms with Gasteiger partial charge in [-0.25, -0.2) is 9.97 Å². The van der Waals surface area contributed by atoms with Gasteiger partial charge in [-0.05, 0) is 13.8 Å². The summed E-state index contributed by atoms with van der Waals surface area (Å²) in [6.07, 6.45) is 0. The third-order valence-electron chi connectivity index (χ3n) is 3.88. The third-order valence-corrected chi connectivity index (χ3v) is 3.88. The number of aryl methyl sites for hydroxylation is 2. The maximum absolute atomic E-state index is 12.8. The molecule has 0 aliphatic rings. The Morgan fingerprint density at radius 1 is 0.931 bits per heavy atom. The van der Waals surface area contributed by atoms with Gasteiger partial charge in [-0.15, -0.1) is 0 Å². The van der Waals surface area contributed by atoms with Crippen LogP contribution in [0.3, 0.4) is 0 Å². The largest absolute Gasteiger partial charge is 0.493 e. The number of rotatable bonds is 7. The molecule has 10 nitrogen and oxygen atoms in total. The number of hydrogen-bond acceptors (Lipinski definition) is 9. The highest BCUT2D eigenvalue weighted by Crippen LogP contribution is 2.40. The molecule has 0 aliphatic carbocycles. The molecule has 0 spiro atoms. The predicted molar refractivity (Wildman–Crippen MR) is 105 cm³/mol. The second-order valence-electron chi connectivity index (χ2n) is 6.00. The number of ether oxygens (including phenoxy) is 3. The lowest BCUT2D eigenvalue weighted by Gasteiger charge is -2.14. The summed E-state index contributed by atoms with van der Waals surface area (Å²) in [7, 11) is 4.51. The first-order chi connectivity index (χ1) is 13.9. The van der Waals surface area contributed by atoms with Gasteiger partial charge in [0.25, 0.3) is 5.91 Å². The fraction of sp³-hybridized carbons (Fsp3) is 0.263. The lowest BCUT2D eigenvalue weighted by Crippen LogP contribution is -2.15. The molecule has 152 valence electrons. The molecule has 0 saturated carbocycles. The number of anilines is 3. The van der Waals surface area contributed by atoms with Crippen LogP contribution >= 0.6 is 0 Å². The van der Waals surface area contributed by atoms with Gasteiger partial charge in [0.15, 0.2) is 17.3 Å². The number of nitrogens with one attached hydrogen (secondary N) is 2. The van der Waals surface area contributed by atoms with E-state index in [-0.39, 0.29) is 5.69 Å². The smallest absolute Gasteiger partial charge is 0.274 e. The molecule has 2 heterocycles. The summed E-state index contributed by atoms with van der Waals surface area (Å²) in [4.78, 5) is 21.2. The van der Waals surface area contributed by atoms with E-state index in [1.165, 1.54) is 27.4 Å². The molecule has 2 aromatic heterocycles. The molecule has 1 amide bonds. The number of methoxy groups -OCH3 is 3. The minimum atomic E-state index is -0.427. The van der Waals surface area contributed by atoms with E-state index in [1.807, 2.05) is 0 Å². The van der Waals surface area contributed by atoms with Crippen molar-refractivity contribution in [2.24, 2.45) is 0 Å². The Hall–Kier alpha value is -3.82. The van der Waals surface area contributed by atoms with Gasteiger partial charge < -0.3 is 29.4 Å². The molecular formula is C19H21N5O5. The summed E-state index contributed by atoms with van der Waals surface area (Å²) in [5, 5.41) is 9.61. The van der Waals surface area contributed by atoms with E-state index >= 15 is 0 Å². The molecule has 0 radical (unpaired) electrons. The van der Waals surface area contributed by atoms with Crippen molar-refractivity contribution in [2.75, 3.05) is 32.0 Å². The van der Waals surface area contributed by atoms with Crippen molar-refractivity contribution in [3.8, 4) is 17.2 Å². The number of benzene rings is 1. The van der Waals surface area contributed by atoms with E-state index in [0.717, 1.165) is 0 Å². The zero-order chi connectivity index (χ0) is 21.0. The van der Waals surface area contributed by atoms with E-state index in [1.54, 1.807) is 32.0 Å². The molecule has 3 rings (SSSR count). The van der Waals surface area contributed by atoms with Gasteiger partial charge in [0.05, 0.1) is 21.3 Å². The second-order valence-corrected chi connectivity index (χ2v) is 6.00. The molecule has 0 unspecified atom stereocenters. The van der Waals surface area contributed by atoms with Crippen molar-refractivity contribution in [1.29, 1.82) is 0 Å². The van der Waals surface area contributed by atoms with Crippen molar-refractivity contribution < 1.29 is 23.5 Å². The second kappa shape index (κ2) is 8.46. The predicted octanol–water partition coefficient (Wildman–Crippen LogP) is 3.10. The summed E-state index contributed by atoms with van der Waals surface area (Å²) in [5.41, 5.74) is 0.636. The van der Waals surface area contributed by atoms with Crippen LogP contribution in [-0.4, -0.2) is 42.4 Å². The van der Waals surface area contributed by atoms with Gasteiger partial charge in [0.2, 0.25) is 5.75 Å². The Morgan fingerprint density at radius 3 is 2.17 bits per heavy atom. The summed E-state index contributed by atoms with van der Waals surface area (Å²) < 4.78 is 20.9. The summed E-state index contributed by atoms with van der Waals surface area (Å²) in [6.45, 7) is 3.47. The Labute approximate surface area is 167 Å². The molecular weight excluding hydrogens is 378 g/mol. The molecule has 0 fully saturated rings. The van der Waals surface area contributed by atoms with E-state index < -0.39 is 5.91 Å². The Kier molecular flexibility index (Phi) is 5.82. The first-order valence-electron chi connectivity index (χ1n) is 8.61. The van der Waals surface area contributed by atoms with Crippen LogP contribution in [0.4, 0.5) is 17.3 Å². The minimum Gasteiger partial charge on any atom is -0.493 e. The molecule has 1 aromatic carbocycles. The van der Waals surface area contributed by atoms with E-state index in [4.69, 9.17) is 18.7 Å². The zero-order valence-corrected chi connectivity index (χ0v) is 16.7. The zero-order valence-electron chi connectivity index (χ0n) is 16.7. The number of amides is 1. The molecule has 2 N–H and O–H groups in total. The quantitative estimate of drug-likeness (QED) is 0.617. The molecule has 3 aromatic rings. The van der Waals surface area contributed by atoms with Gasteiger partial charge in [-0.3, -0.25) is 4.79 Å². The molecule has 0 bridgehead atoms. The van der Waals surface area contributed by atoms with Crippen LogP contribution in [0.15, 0.2) is 28.8 Å². The van der Waals surface area contributed by atoms with Crippen molar-refractivity contribution in [2.45, 2.75) is 13.8 Å². The molecule has 0 saturated heterocycles. The molecule has 0 atom stereocenters. The highest BCUT2D eigenvalue weighted by atomic mass is 16.5. The van der Waals surface area contributed by atoms with Gasteiger partial charge in [0, 0.05) is 30.0 Å². The third kappa shape index (κ3) is 4.54. The Bertz CT molecular complexity index is 1010. The van der Waals surface area contributed by atoms with Gasteiger partial charge in [0.1, 0.15) is 23.1 Å². The fourth-order valence-electron chi connectivity index (χ4n) is 2.65. The van der Waals surface area contributed by atoms with Crippen molar-refractivity contribution in [3.05, 3.63) is 41.5 Å². The molecule has 0 aliphatic heterocycles. The van der Waals surface area contributed by atoms with Crippen molar-refractivity contribution in [3.63, 3.8) is 0 Å². The maximum atomic E-state index is 12.8. The topological polar surface area (TPSA) is 121 Å². The fourth-order valence-corrected chi connectivity index (χ4v) is 2.65. The average molecular weight is 399 g/mol. The van der Waals surface area contributed by atoms with Crippen LogP contribution in [0.25, 0.3) is 0 Å². The number of carbonyl (C=O) groups excluding carboxylic acids is 1. The molecule has 10 heteroatoms. The Morgan fingerprint density at radius 2 is 1.62 bits per heavy atom. The lowest BCUT2D eigenvalue weighted by atomic mass is 10.2. The van der Waals surface area contributed by atoms with Crippen LogP contribution in [0, 0.1) is 13.8 Å². The van der Waals surface area contributed by atoms with E-state index in [0.29, 0.717) is 46.2 Å². The van der Waals surface area contributed by atoms with Gasteiger partial charge in [-0.1, -0.05) is 5.16 Å². The first kappa shape index (κ1) is 19.9. The number of hydrogen-bond donors (Lipinski definition) is 2. The standard InChI is InChI=1S/C19H21N5O5/c1-10-6-17(24-29-10)23-16-9-13(20-11(2)21-16)19(25)22-12-7-14(26-3)18(28-5)15(8-12)27-4/h6-9H,1-5H3,(H,22,25)(H,20,21,23,24). The van der Waals surface area contributed by atoms with Crippen LogP contribution in [0.2, 0.25) is 0 Å². The summed E-state index contributed by atoms with van der Waals surface area (Å²) in [5.74, 6) is 2.82. The van der Waals surface area contributed by atoms with Gasteiger partial charge >= 0.3 is 0 Å². The summed E-state index contributed by atoms with van der Waals surface area (Å²) >= 11 is 0. The van der Waals surface area contributed by atoms with Crippen LogP contribution in [0.5, 0.6) is 17.2 Å². The monoisotopic (exact) mass is 399 g/mol. The summed E-state index contributed by atoms with van der Waals surface area (Å²) in [6, 6.07) is 6.49. The van der Waals surface area contributed by atoms with Gasteiger partial charge in [-0.2, -0.15) is 0 Å². The van der Waals surface area contributed by atoms with Crippen LogP contribution < -0.4 is 24.8 Å². The number of nitrogens with zero attached hydrogens (tertiary/aromatic N) is 3. The van der Waals surface area contributed by atoms with E-state index in [2.05, 4.69) is 25.8 Å². The van der Waals surface area contributed by atoms with E-state index in [9.17, 15) is 4.79 Å². The average Bonchev–Trinajstić information content (AvgIpc) is 3.11. The SMILES string of the molecule is COc1cc(NC(=O)c2cc(Nc3cc(C)on3)nc(C)n2)cc(OC)c1OC. The molecule has 29 heavy (non-hydrogen) atoms. The number of aromatic nitrogens is 3. The normalized spacial score (nSPS) is 10.4. The highest BCUT2D eigenvalue weighted by molar-refractivity contribution is 6.03.